The summed E-state index contributed by atoms with van der Waals surface area (Å²) in [5.41, 5.74) is 6.47. The Bertz CT molecular complexity index is 622. The highest BCUT2D eigenvalue weighted by molar-refractivity contribution is 5.78. The molecule has 4 heteroatoms. The molecule has 4 rings (SSSR count). The summed E-state index contributed by atoms with van der Waals surface area (Å²) in [4.78, 5) is 14.4. The summed E-state index contributed by atoms with van der Waals surface area (Å²) in [7, 11) is 0. The number of fused-ring (bicyclic) bond motifs is 5. The van der Waals surface area contributed by atoms with E-state index in [0.717, 1.165) is 36.6 Å². The first-order valence-corrected chi connectivity index (χ1v) is 12.4. The van der Waals surface area contributed by atoms with Gasteiger partial charge in [0.15, 0.2) is 0 Å². The Hall–Kier alpha value is -0.610. The third kappa shape index (κ3) is 3.28. The first-order valence-electron chi connectivity index (χ1n) is 12.4. The van der Waals surface area contributed by atoms with Gasteiger partial charge in [0.2, 0.25) is 5.91 Å². The lowest BCUT2D eigenvalue weighted by molar-refractivity contribution is -0.142. The summed E-state index contributed by atoms with van der Waals surface area (Å²) < 4.78 is 0. The van der Waals surface area contributed by atoms with Crippen LogP contribution in [0.2, 0.25) is 0 Å². The number of hydrogen-bond acceptors (Lipinski definition) is 3. The van der Waals surface area contributed by atoms with Crippen molar-refractivity contribution in [3.05, 3.63) is 0 Å². The van der Waals surface area contributed by atoms with Crippen LogP contribution in [0.15, 0.2) is 0 Å². The van der Waals surface area contributed by atoms with Crippen molar-refractivity contribution in [2.45, 2.75) is 97.6 Å². The van der Waals surface area contributed by atoms with Crippen LogP contribution in [0.4, 0.5) is 0 Å². The molecule has 0 spiro atoms. The summed E-state index contributed by atoms with van der Waals surface area (Å²) >= 11 is 0. The molecule has 4 aliphatic carbocycles. The second-order valence-electron chi connectivity index (χ2n) is 11.4. The highest BCUT2D eigenvalue weighted by Crippen LogP contribution is 2.67. The normalized spacial score (nSPS) is 47.7. The number of nitrogens with zero attached hydrogens (tertiary/aromatic N) is 1. The zero-order valence-electron chi connectivity index (χ0n) is 19.2. The van der Waals surface area contributed by atoms with Crippen molar-refractivity contribution in [3.63, 3.8) is 0 Å². The number of carbonyl (C=O) groups excluding carboxylic acids is 1. The van der Waals surface area contributed by atoms with Crippen LogP contribution in [0.3, 0.4) is 0 Å². The number of rotatable bonds is 4. The first-order chi connectivity index (χ1) is 13.8. The van der Waals surface area contributed by atoms with E-state index in [1.165, 1.54) is 51.4 Å². The van der Waals surface area contributed by atoms with Crippen LogP contribution in [-0.4, -0.2) is 41.1 Å². The summed E-state index contributed by atoms with van der Waals surface area (Å²) in [6.45, 7) is 10.1. The Balaban J connectivity index is 1.51. The molecule has 166 valence electrons. The maximum absolute atomic E-state index is 12.3. The standard InChI is InChI=1S/C25H44N2O2/c1-5-27(23(29)15-26)18-10-12-24(3)17(14-18)6-7-19-21-9-8-20(16(2)28)25(21,4)13-11-22(19)24/h16-22,28H,5-15,26H2,1-4H3/t16-,17-,18+,19-,20+,21-,22-,24-,25+/m0/s1. The quantitative estimate of drug-likeness (QED) is 0.738. The summed E-state index contributed by atoms with van der Waals surface area (Å²) in [6.07, 6.45) is 11.3. The van der Waals surface area contributed by atoms with Crippen molar-refractivity contribution in [2.75, 3.05) is 13.1 Å². The molecular weight excluding hydrogens is 360 g/mol. The molecule has 29 heavy (non-hydrogen) atoms. The van der Waals surface area contributed by atoms with Gasteiger partial charge in [-0.25, -0.2) is 0 Å². The molecule has 0 bridgehead atoms. The maximum atomic E-state index is 12.3. The predicted octanol–water partition coefficient (Wildman–Crippen LogP) is 4.20. The monoisotopic (exact) mass is 404 g/mol. The van der Waals surface area contributed by atoms with E-state index in [0.29, 0.717) is 22.8 Å². The number of likely N-dealkylation sites (N-methyl/N-ethyl adjacent to an activating group) is 1. The average molecular weight is 405 g/mol. The van der Waals surface area contributed by atoms with Gasteiger partial charge in [-0.3, -0.25) is 4.79 Å². The Morgan fingerprint density at radius 2 is 1.76 bits per heavy atom. The molecule has 9 atom stereocenters. The first kappa shape index (κ1) is 21.6. The second kappa shape index (κ2) is 7.82. The van der Waals surface area contributed by atoms with Crippen molar-refractivity contribution in [1.29, 1.82) is 0 Å². The Morgan fingerprint density at radius 3 is 2.41 bits per heavy atom. The van der Waals surface area contributed by atoms with Gasteiger partial charge in [-0.2, -0.15) is 0 Å². The lowest BCUT2D eigenvalue weighted by Crippen LogP contribution is -2.56. The minimum absolute atomic E-state index is 0.123. The van der Waals surface area contributed by atoms with Crippen molar-refractivity contribution in [1.82, 2.24) is 4.90 Å². The third-order valence-corrected chi connectivity index (χ3v) is 10.6. The Kier molecular flexibility index (Phi) is 5.83. The zero-order chi connectivity index (χ0) is 21.0. The molecular formula is C25H44N2O2. The minimum Gasteiger partial charge on any atom is -0.393 e. The van der Waals surface area contributed by atoms with E-state index >= 15 is 0 Å². The van der Waals surface area contributed by atoms with Gasteiger partial charge in [-0.15, -0.1) is 0 Å². The summed E-state index contributed by atoms with van der Waals surface area (Å²) in [6, 6.07) is 0.394. The van der Waals surface area contributed by atoms with E-state index in [1.807, 2.05) is 6.92 Å². The van der Waals surface area contributed by atoms with Crippen molar-refractivity contribution >= 4 is 5.91 Å². The van der Waals surface area contributed by atoms with E-state index in [-0.39, 0.29) is 18.6 Å². The molecule has 0 saturated heterocycles. The van der Waals surface area contributed by atoms with Gasteiger partial charge < -0.3 is 15.7 Å². The number of aliphatic hydroxyl groups excluding tert-OH is 1. The minimum atomic E-state index is -0.163. The third-order valence-electron chi connectivity index (χ3n) is 10.6. The molecule has 0 heterocycles. The summed E-state index contributed by atoms with van der Waals surface area (Å²) in [5.74, 6) is 3.87. The fraction of sp³-hybridized carbons (Fsp3) is 0.960. The molecule has 0 radical (unpaired) electrons. The van der Waals surface area contributed by atoms with E-state index < -0.39 is 0 Å². The van der Waals surface area contributed by atoms with Crippen LogP contribution in [0.1, 0.15) is 85.5 Å². The lowest BCUT2D eigenvalue weighted by Gasteiger charge is -2.61. The molecule has 4 fully saturated rings. The van der Waals surface area contributed by atoms with Gasteiger partial charge in [0.05, 0.1) is 12.6 Å². The highest BCUT2D eigenvalue weighted by Gasteiger charge is 2.60. The van der Waals surface area contributed by atoms with Crippen LogP contribution < -0.4 is 5.73 Å². The van der Waals surface area contributed by atoms with Crippen molar-refractivity contribution in [3.8, 4) is 0 Å². The van der Waals surface area contributed by atoms with Crippen LogP contribution in [0.25, 0.3) is 0 Å². The van der Waals surface area contributed by atoms with Gasteiger partial charge in [0, 0.05) is 12.6 Å². The molecule has 4 saturated carbocycles. The SMILES string of the molecule is CCN(C(=O)CN)[C@@H]1CC[C@@]2(C)[C@@H](CC[C@@H]3[C@@H]2CC[C@]2(C)[C@@H]([C@H](C)O)CC[C@@H]32)C1. The van der Waals surface area contributed by atoms with Crippen LogP contribution in [-0.2, 0) is 4.79 Å². The number of aliphatic hydroxyl groups is 1. The average Bonchev–Trinajstić information content (AvgIpc) is 3.05. The van der Waals surface area contributed by atoms with Crippen LogP contribution in [0, 0.1) is 40.4 Å². The molecule has 0 aromatic carbocycles. The number of hydrogen-bond donors (Lipinski definition) is 2. The molecule has 0 unspecified atom stereocenters. The zero-order valence-corrected chi connectivity index (χ0v) is 19.2. The molecule has 4 aliphatic rings. The fourth-order valence-corrected chi connectivity index (χ4v) is 9.11. The van der Waals surface area contributed by atoms with Gasteiger partial charge >= 0.3 is 0 Å². The summed E-state index contributed by atoms with van der Waals surface area (Å²) in [5, 5.41) is 10.4. The van der Waals surface area contributed by atoms with E-state index in [2.05, 4.69) is 25.7 Å². The molecule has 3 N–H and O–H groups in total. The Labute approximate surface area is 178 Å². The smallest absolute Gasteiger partial charge is 0.236 e. The van der Waals surface area contributed by atoms with Crippen molar-refractivity contribution in [2.24, 2.45) is 46.2 Å². The molecule has 0 aromatic heterocycles. The number of amides is 1. The van der Waals surface area contributed by atoms with Gasteiger partial charge in [-0.1, -0.05) is 13.8 Å². The molecule has 4 nitrogen and oxygen atoms in total. The van der Waals surface area contributed by atoms with Crippen LogP contribution >= 0.6 is 0 Å². The van der Waals surface area contributed by atoms with E-state index in [4.69, 9.17) is 5.73 Å². The van der Waals surface area contributed by atoms with Crippen LogP contribution in [0.5, 0.6) is 0 Å². The fourth-order valence-electron chi connectivity index (χ4n) is 9.11. The molecule has 0 aromatic rings. The van der Waals surface area contributed by atoms with Gasteiger partial charge in [-0.05, 0) is 112 Å². The maximum Gasteiger partial charge on any atom is 0.236 e. The number of nitrogens with two attached hydrogens (primary N) is 1. The predicted molar refractivity (Wildman–Crippen MR) is 117 cm³/mol. The van der Waals surface area contributed by atoms with Crippen molar-refractivity contribution < 1.29 is 9.90 Å². The van der Waals surface area contributed by atoms with E-state index in [1.54, 1.807) is 0 Å². The topological polar surface area (TPSA) is 66.6 Å². The number of carbonyl (C=O) groups is 1. The Morgan fingerprint density at radius 1 is 1.07 bits per heavy atom. The lowest BCUT2D eigenvalue weighted by atomic mass is 9.44. The van der Waals surface area contributed by atoms with Gasteiger partial charge in [0.25, 0.3) is 0 Å². The molecule has 0 aliphatic heterocycles. The van der Waals surface area contributed by atoms with E-state index in [9.17, 15) is 9.90 Å². The molecule has 1 amide bonds. The second-order valence-corrected chi connectivity index (χ2v) is 11.4. The van der Waals surface area contributed by atoms with Gasteiger partial charge in [0.1, 0.15) is 0 Å². The highest BCUT2D eigenvalue weighted by atomic mass is 16.3. The largest absolute Gasteiger partial charge is 0.393 e.